The molecule has 1 saturated heterocycles. The quantitative estimate of drug-likeness (QED) is 0.821. The molecule has 0 atom stereocenters. The monoisotopic (exact) mass is 346 g/mol. The standard InChI is InChI=1S/C14H17BrF2N2O/c1-18-5-3-10(4-6-18)19(2)14(20)13-11(16)7-9(15)8-12(13)17/h7-8,10H,3-6H2,1-2H3. The fourth-order valence-electron chi connectivity index (χ4n) is 2.47. The average Bonchev–Trinajstić information content (AvgIpc) is 2.37. The highest BCUT2D eigenvalue weighted by Crippen LogP contribution is 2.23. The normalized spacial score (nSPS) is 17.2. The number of amides is 1. The van der Waals surface area contributed by atoms with E-state index in [1.54, 1.807) is 7.05 Å². The van der Waals surface area contributed by atoms with Crippen LogP contribution in [0.4, 0.5) is 8.78 Å². The second-order valence-corrected chi connectivity index (χ2v) is 6.11. The van der Waals surface area contributed by atoms with E-state index < -0.39 is 23.1 Å². The molecule has 0 aliphatic carbocycles. The number of halogens is 3. The molecule has 1 fully saturated rings. The highest BCUT2D eigenvalue weighted by molar-refractivity contribution is 9.10. The Morgan fingerprint density at radius 1 is 1.30 bits per heavy atom. The van der Waals surface area contributed by atoms with Gasteiger partial charge in [0.25, 0.3) is 5.91 Å². The Morgan fingerprint density at radius 2 is 1.80 bits per heavy atom. The number of carbonyl (C=O) groups is 1. The van der Waals surface area contributed by atoms with Gasteiger partial charge >= 0.3 is 0 Å². The molecule has 0 spiro atoms. The first-order chi connectivity index (χ1) is 9.40. The largest absolute Gasteiger partial charge is 0.338 e. The second kappa shape index (κ2) is 6.18. The summed E-state index contributed by atoms with van der Waals surface area (Å²) in [6, 6.07) is 2.25. The van der Waals surface area contributed by atoms with Crippen molar-refractivity contribution in [1.29, 1.82) is 0 Å². The van der Waals surface area contributed by atoms with E-state index in [0.29, 0.717) is 0 Å². The minimum Gasteiger partial charge on any atom is -0.338 e. The highest BCUT2D eigenvalue weighted by Gasteiger charge is 2.28. The number of hydrogen-bond donors (Lipinski definition) is 0. The third-order valence-corrected chi connectivity index (χ3v) is 4.23. The average molecular weight is 347 g/mol. The predicted molar refractivity (Wildman–Crippen MR) is 76.7 cm³/mol. The van der Waals surface area contributed by atoms with Gasteiger partial charge < -0.3 is 9.80 Å². The van der Waals surface area contributed by atoms with Crippen molar-refractivity contribution in [3.63, 3.8) is 0 Å². The van der Waals surface area contributed by atoms with E-state index in [1.807, 2.05) is 7.05 Å². The predicted octanol–water partition coefficient (Wildman–Crippen LogP) is 2.89. The van der Waals surface area contributed by atoms with Crippen LogP contribution in [0.15, 0.2) is 16.6 Å². The molecule has 1 amide bonds. The van der Waals surface area contributed by atoms with E-state index in [4.69, 9.17) is 0 Å². The minimum atomic E-state index is -0.832. The maximum atomic E-state index is 13.8. The van der Waals surface area contributed by atoms with Crippen LogP contribution in [0.25, 0.3) is 0 Å². The summed E-state index contributed by atoms with van der Waals surface area (Å²) in [5.74, 6) is -2.26. The summed E-state index contributed by atoms with van der Waals surface area (Å²) in [5.41, 5.74) is -0.477. The second-order valence-electron chi connectivity index (χ2n) is 5.19. The van der Waals surface area contributed by atoms with Gasteiger partial charge in [0.15, 0.2) is 0 Å². The molecule has 1 aromatic carbocycles. The first-order valence-corrected chi connectivity index (χ1v) is 7.29. The summed E-state index contributed by atoms with van der Waals surface area (Å²) in [6.45, 7) is 1.77. The Kier molecular flexibility index (Phi) is 4.75. The highest BCUT2D eigenvalue weighted by atomic mass is 79.9. The molecule has 0 N–H and O–H groups in total. The number of hydrogen-bond acceptors (Lipinski definition) is 2. The molecule has 1 heterocycles. The zero-order chi connectivity index (χ0) is 14.9. The molecule has 0 bridgehead atoms. The van der Waals surface area contributed by atoms with E-state index in [-0.39, 0.29) is 10.5 Å². The fraction of sp³-hybridized carbons (Fsp3) is 0.500. The van der Waals surface area contributed by atoms with Crippen molar-refractivity contribution in [2.75, 3.05) is 27.2 Å². The lowest BCUT2D eigenvalue weighted by atomic mass is 10.0. The van der Waals surface area contributed by atoms with Gasteiger partial charge in [0.05, 0.1) is 0 Å². The van der Waals surface area contributed by atoms with Crippen molar-refractivity contribution < 1.29 is 13.6 Å². The Hall–Kier alpha value is -1.01. The SMILES string of the molecule is CN1CCC(N(C)C(=O)c2c(F)cc(Br)cc2F)CC1. The van der Waals surface area contributed by atoms with Crippen molar-refractivity contribution in [2.24, 2.45) is 0 Å². The summed E-state index contributed by atoms with van der Waals surface area (Å²) in [5, 5.41) is 0. The fourth-order valence-corrected chi connectivity index (χ4v) is 2.87. The Morgan fingerprint density at radius 3 is 2.30 bits per heavy atom. The van der Waals surface area contributed by atoms with E-state index >= 15 is 0 Å². The summed E-state index contributed by atoms with van der Waals surface area (Å²) >= 11 is 3.01. The van der Waals surface area contributed by atoms with E-state index in [1.165, 1.54) is 4.90 Å². The van der Waals surface area contributed by atoms with E-state index in [2.05, 4.69) is 20.8 Å². The molecule has 6 heteroatoms. The molecule has 3 nitrogen and oxygen atoms in total. The molecule has 2 rings (SSSR count). The third-order valence-electron chi connectivity index (χ3n) is 3.78. The molecular weight excluding hydrogens is 330 g/mol. The van der Waals surface area contributed by atoms with Crippen molar-refractivity contribution in [2.45, 2.75) is 18.9 Å². The summed E-state index contributed by atoms with van der Waals surface area (Å²) < 4.78 is 27.9. The minimum absolute atomic E-state index is 0.0288. The summed E-state index contributed by atoms with van der Waals surface area (Å²) in [6.07, 6.45) is 1.64. The lowest BCUT2D eigenvalue weighted by molar-refractivity contribution is 0.0650. The lowest BCUT2D eigenvalue weighted by Crippen LogP contribution is -2.44. The van der Waals surface area contributed by atoms with Crippen LogP contribution in [0, 0.1) is 11.6 Å². The van der Waals surface area contributed by atoms with Gasteiger partial charge in [0.1, 0.15) is 17.2 Å². The summed E-state index contributed by atoms with van der Waals surface area (Å²) in [7, 11) is 3.63. The number of likely N-dealkylation sites (tertiary alicyclic amines) is 1. The van der Waals surface area contributed by atoms with Crippen LogP contribution in [0.1, 0.15) is 23.2 Å². The van der Waals surface area contributed by atoms with Crippen molar-refractivity contribution >= 4 is 21.8 Å². The maximum Gasteiger partial charge on any atom is 0.259 e. The van der Waals surface area contributed by atoms with Crippen molar-refractivity contribution in [1.82, 2.24) is 9.80 Å². The van der Waals surface area contributed by atoms with E-state index in [0.717, 1.165) is 38.1 Å². The van der Waals surface area contributed by atoms with Crippen LogP contribution in [-0.2, 0) is 0 Å². The van der Waals surface area contributed by atoms with Crippen molar-refractivity contribution in [3.05, 3.63) is 33.8 Å². The van der Waals surface area contributed by atoms with Crippen LogP contribution in [0.2, 0.25) is 0 Å². The maximum absolute atomic E-state index is 13.8. The van der Waals surface area contributed by atoms with E-state index in [9.17, 15) is 13.6 Å². The zero-order valence-electron chi connectivity index (χ0n) is 11.5. The number of carbonyl (C=O) groups excluding carboxylic acids is 1. The molecule has 110 valence electrons. The zero-order valence-corrected chi connectivity index (χ0v) is 13.1. The molecule has 1 aromatic rings. The Bertz CT molecular complexity index is 493. The van der Waals surface area contributed by atoms with Crippen LogP contribution >= 0.6 is 15.9 Å². The molecular formula is C14H17BrF2N2O. The molecule has 1 aliphatic heterocycles. The van der Waals surface area contributed by atoms with Gasteiger partial charge in [-0.2, -0.15) is 0 Å². The molecule has 0 unspecified atom stereocenters. The number of benzene rings is 1. The van der Waals surface area contributed by atoms with Crippen LogP contribution in [0.3, 0.4) is 0 Å². The molecule has 0 radical (unpaired) electrons. The molecule has 20 heavy (non-hydrogen) atoms. The summed E-state index contributed by atoms with van der Waals surface area (Å²) in [4.78, 5) is 15.9. The van der Waals surface area contributed by atoms with Gasteiger partial charge in [-0.25, -0.2) is 8.78 Å². The van der Waals surface area contributed by atoms with Crippen LogP contribution < -0.4 is 0 Å². The van der Waals surface area contributed by atoms with Gasteiger partial charge in [0.2, 0.25) is 0 Å². The topological polar surface area (TPSA) is 23.6 Å². The van der Waals surface area contributed by atoms with Gasteiger partial charge in [0, 0.05) is 17.6 Å². The lowest BCUT2D eigenvalue weighted by Gasteiger charge is -2.35. The Labute approximate surface area is 125 Å². The third kappa shape index (κ3) is 3.17. The molecule has 0 aromatic heterocycles. The number of piperidine rings is 1. The number of rotatable bonds is 2. The Balaban J connectivity index is 2.19. The van der Waals surface area contributed by atoms with Gasteiger partial charge in [-0.1, -0.05) is 15.9 Å². The van der Waals surface area contributed by atoms with Crippen LogP contribution in [0.5, 0.6) is 0 Å². The first-order valence-electron chi connectivity index (χ1n) is 6.50. The van der Waals surface area contributed by atoms with Gasteiger partial charge in [-0.3, -0.25) is 4.79 Å². The molecule has 0 saturated carbocycles. The van der Waals surface area contributed by atoms with Crippen molar-refractivity contribution in [3.8, 4) is 0 Å². The number of nitrogens with zero attached hydrogens (tertiary/aromatic N) is 2. The molecule has 1 aliphatic rings. The smallest absolute Gasteiger partial charge is 0.259 e. The first kappa shape index (κ1) is 15.4. The van der Waals surface area contributed by atoms with Crippen LogP contribution in [-0.4, -0.2) is 48.9 Å². The van der Waals surface area contributed by atoms with Gasteiger partial charge in [-0.15, -0.1) is 0 Å². The van der Waals surface area contributed by atoms with Gasteiger partial charge in [-0.05, 0) is 45.1 Å².